The van der Waals surface area contributed by atoms with Crippen molar-refractivity contribution in [2.24, 2.45) is 0 Å². The number of nitrogens with one attached hydrogen (secondary N) is 2. The molecule has 1 aromatic carbocycles. The monoisotopic (exact) mass is 316 g/mol. The smallest absolute Gasteiger partial charge is 0.254 e. The summed E-state index contributed by atoms with van der Waals surface area (Å²) < 4.78 is 0. The van der Waals surface area contributed by atoms with Crippen molar-refractivity contribution >= 4 is 23.2 Å². The van der Waals surface area contributed by atoms with Gasteiger partial charge >= 0.3 is 0 Å². The van der Waals surface area contributed by atoms with Crippen LogP contribution in [-0.2, 0) is 4.79 Å². The number of hydrogen-bond donors (Lipinski definition) is 2. The van der Waals surface area contributed by atoms with Crippen molar-refractivity contribution in [1.29, 1.82) is 0 Å². The van der Waals surface area contributed by atoms with Crippen LogP contribution in [0, 0.1) is 0 Å². The first-order valence-electron chi connectivity index (χ1n) is 8.17. The van der Waals surface area contributed by atoms with Gasteiger partial charge in [-0.2, -0.15) is 0 Å². The van der Waals surface area contributed by atoms with E-state index in [0.29, 0.717) is 25.1 Å². The van der Waals surface area contributed by atoms with Crippen LogP contribution in [0.1, 0.15) is 30.6 Å². The molecule has 0 aliphatic carbocycles. The molecular weight excluding hydrogens is 292 g/mol. The molecule has 1 saturated heterocycles. The molecule has 6 heteroatoms. The third-order valence-corrected chi connectivity index (χ3v) is 4.90. The molecule has 2 amide bonds. The molecule has 2 aliphatic heterocycles. The zero-order chi connectivity index (χ0) is 16.6. The third kappa shape index (κ3) is 3.03. The van der Waals surface area contributed by atoms with Gasteiger partial charge in [0, 0.05) is 50.7 Å². The topological polar surface area (TPSA) is 64.7 Å². The summed E-state index contributed by atoms with van der Waals surface area (Å²) in [6.45, 7) is 6.35. The van der Waals surface area contributed by atoms with Crippen LogP contribution in [0.2, 0.25) is 0 Å². The minimum atomic E-state index is -0.00985. The summed E-state index contributed by atoms with van der Waals surface area (Å²) >= 11 is 0. The number of carbonyl (C=O) groups excluding carboxylic acids is 2. The van der Waals surface area contributed by atoms with E-state index in [9.17, 15) is 9.59 Å². The number of rotatable bonds is 1. The zero-order valence-corrected chi connectivity index (χ0v) is 13.9. The molecular formula is C17H24N4O2. The Balaban J connectivity index is 1.89. The van der Waals surface area contributed by atoms with Gasteiger partial charge in [-0.05, 0) is 32.0 Å². The van der Waals surface area contributed by atoms with E-state index in [-0.39, 0.29) is 23.9 Å². The lowest BCUT2D eigenvalue weighted by atomic mass is 10.0. The largest absolute Gasteiger partial charge is 0.372 e. The molecule has 2 aliphatic rings. The zero-order valence-electron chi connectivity index (χ0n) is 13.9. The molecule has 2 N–H and O–H groups in total. The fraction of sp³-hybridized carbons (Fsp3) is 0.529. The highest BCUT2D eigenvalue weighted by Gasteiger charge is 2.29. The van der Waals surface area contributed by atoms with Crippen LogP contribution < -0.4 is 15.5 Å². The molecule has 0 bridgehead atoms. The van der Waals surface area contributed by atoms with E-state index in [1.807, 2.05) is 29.0 Å². The van der Waals surface area contributed by atoms with E-state index in [0.717, 1.165) is 17.9 Å². The van der Waals surface area contributed by atoms with Crippen molar-refractivity contribution in [2.45, 2.75) is 32.4 Å². The van der Waals surface area contributed by atoms with E-state index in [1.54, 1.807) is 6.07 Å². The molecule has 1 fully saturated rings. The Hall–Kier alpha value is -2.08. The van der Waals surface area contributed by atoms with Gasteiger partial charge in [0.2, 0.25) is 5.91 Å². The summed E-state index contributed by atoms with van der Waals surface area (Å²) in [5.41, 5.74) is 2.30. The van der Waals surface area contributed by atoms with Gasteiger partial charge in [-0.15, -0.1) is 0 Å². The van der Waals surface area contributed by atoms with Gasteiger partial charge in [-0.1, -0.05) is 0 Å². The maximum absolute atomic E-state index is 12.9. The molecule has 0 aromatic heterocycles. The van der Waals surface area contributed by atoms with Crippen LogP contribution in [0.25, 0.3) is 0 Å². The molecule has 2 heterocycles. The number of fused-ring (bicyclic) bond motifs is 1. The average Bonchev–Trinajstić information content (AvgIpc) is 2.68. The first-order chi connectivity index (χ1) is 11.0. The highest BCUT2D eigenvalue weighted by atomic mass is 16.2. The predicted molar refractivity (Wildman–Crippen MR) is 90.9 cm³/mol. The SMILES string of the molecule is CC1NCCN(C(=O)c2ccc3c(c2)NC(=O)CCN3C)C1C. The Labute approximate surface area is 136 Å². The molecule has 2 unspecified atom stereocenters. The highest BCUT2D eigenvalue weighted by Crippen LogP contribution is 2.29. The van der Waals surface area contributed by atoms with Gasteiger partial charge in [0.25, 0.3) is 5.91 Å². The van der Waals surface area contributed by atoms with Gasteiger partial charge < -0.3 is 20.4 Å². The van der Waals surface area contributed by atoms with E-state index in [4.69, 9.17) is 0 Å². The highest BCUT2D eigenvalue weighted by molar-refractivity contribution is 6.01. The predicted octanol–water partition coefficient (Wildman–Crippen LogP) is 1.29. The second-order valence-electron chi connectivity index (χ2n) is 6.43. The molecule has 3 rings (SSSR count). The molecule has 0 spiro atoms. The maximum Gasteiger partial charge on any atom is 0.254 e. The van der Waals surface area contributed by atoms with Crippen LogP contribution in [0.5, 0.6) is 0 Å². The Morgan fingerprint density at radius 2 is 2.04 bits per heavy atom. The Morgan fingerprint density at radius 3 is 2.83 bits per heavy atom. The van der Waals surface area contributed by atoms with Crippen LogP contribution in [0.15, 0.2) is 18.2 Å². The Kier molecular flexibility index (Phi) is 4.26. The summed E-state index contributed by atoms with van der Waals surface area (Å²) in [4.78, 5) is 28.6. The van der Waals surface area contributed by atoms with Crippen molar-refractivity contribution in [1.82, 2.24) is 10.2 Å². The van der Waals surface area contributed by atoms with Crippen LogP contribution in [0.3, 0.4) is 0 Å². The van der Waals surface area contributed by atoms with Crippen molar-refractivity contribution in [3.63, 3.8) is 0 Å². The van der Waals surface area contributed by atoms with E-state index >= 15 is 0 Å². The van der Waals surface area contributed by atoms with E-state index in [2.05, 4.69) is 24.5 Å². The molecule has 0 saturated carbocycles. The first-order valence-corrected chi connectivity index (χ1v) is 8.17. The quantitative estimate of drug-likeness (QED) is 0.819. The molecule has 0 radical (unpaired) electrons. The lowest BCUT2D eigenvalue weighted by Crippen LogP contribution is -2.57. The average molecular weight is 316 g/mol. The number of nitrogens with zero attached hydrogens (tertiary/aromatic N) is 2. The standard InChI is InChI=1S/C17H24N4O2/c1-11-12(2)21(9-7-18-11)17(23)13-4-5-15-14(10-13)19-16(22)6-8-20(15)3/h4-5,10-12,18H,6-9H2,1-3H3,(H,19,22). The Morgan fingerprint density at radius 1 is 1.26 bits per heavy atom. The molecule has 6 nitrogen and oxygen atoms in total. The van der Waals surface area contributed by atoms with Gasteiger partial charge in [0.15, 0.2) is 0 Å². The van der Waals surface area contributed by atoms with Gasteiger partial charge in [0.1, 0.15) is 0 Å². The summed E-state index contributed by atoms with van der Waals surface area (Å²) in [7, 11) is 1.96. The number of benzene rings is 1. The normalized spacial score (nSPS) is 24.7. The molecule has 2 atom stereocenters. The van der Waals surface area contributed by atoms with Crippen LogP contribution in [-0.4, -0.2) is 55.5 Å². The van der Waals surface area contributed by atoms with Crippen molar-refractivity contribution in [2.75, 3.05) is 36.9 Å². The van der Waals surface area contributed by atoms with Crippen LogP contribution in [0.4, 0.5) is 11.4 Å². The van der Waals surface area contributed by atoms with Crippen molar-refractivity contribution in [3.05, 3.63) is 23.8 Å². The summed E-state index contributed by atoms with van der Waals surface area (Å²) in [5.74, 6) is 0.0131. The van der Waals surface area contributed by atoms with E-state index in [1.165, 1.54) is 0 Å². The Bertz CT molecular complexity index is 631. The lowest BCUT2D eigenvalue weighted by molar-refractivity contribution is -0.115. The number of amides is 2. The van der Waals surface area contributed by atoms with Crippen LogP contribution >= 0.6 is 0 Å². The minimum Gasteiger partial charge on any atom is -0.372 e. The minimum absolute atomic E-state index is 0.00985. The lowest BCUT2D eigenvalue weighted by Gasteiger charge is -2.38. The van der Waals surface area contributed by atoms with Crippen molar-refractivity contribution < 1.29 is 9.59 Å². The van der Waals surface area contributed by atoms with Crippen molar-refractivity contribution in [3.8, 4) is 0 Å². The fourth-order valence-electron chi connectivity index (χ4n) is 3.21. The molecule has 1 aromatic rings. The number of hydrogen-bond acceptors (Lipinski definition) is 4. The number of piperazine rings is 1. The molecule has 23 heavy (non-hydrogen) atoms. The maximum atomic E-state index is 12.9. The third-order valence-electron chi connectivity index (χ3n) is 4.90. The van der Waals surface area contributed by atoms with Gasteiger partial charge in [-0.25, -0.2) is 0 Å². The number of anilines is 2. The summed E-state index contributed by atoms with van der Waals surface area (Å²) in [6.07, 6.45) is 0.459. The number of carbonyl (C=O) groups is 2. The summed E-state index contributed by atoms with van der Waals surface area (Å²) in [5, 5.41) is 6.29. The fourth-order valence-corrected chi connectivity index (χ4v) is 3.21. The van der Waals surface area contributed by atoms with Gasteiger partial charge in [-0.3, -0.25) is 9.59 Å². The van der Waals surface area contributed by atoms with E-state index < -0.39 is 0 Å². The molecule has 124 valence electrons. The second-order valence-corrected chi connectivity index (χ2v) is 6.43. The second kappa shape index (κ2) is 6.20. The van der Waals surface area contributed by atoms with Gasteiger partial charge in [0.05, 0.1) is 11.4 Å². The first kappa shape index (κ1) is 15.8. The summed E-state index contributed by atoms with van der Waals surface area (Å²) in [6, 6.07) is 6.00.